The number of hydrogen-bond donors (Lipinski definition) is 4. The number of rotatable bonds is 8. The first-order chi connectivity index (χ1) is 14.0. The van der Waals surface area contributed by atoms with Gasteiger partial charge in [0.25, 0.3) is 0 Å². The van der Waals surface area contributed by atoms with Crippen LogP contribution in [0.1, 0.15) is 46.6 Å². The predicted octanol–water partition coefficient (Wildman–Crippen LogP) is 3.22. The van der Waals surface area contributed by atoms with Crippen molar-refractivity contribution in [2.24, 2.45) is 5.92 Å². The number of para-hydroxylation sites is 1. The molecule has 0 aliphatic rings. The maximum Gasteiger partial charge on any atom is 0.408 e. The Morgan fingerprint density at radius 3 is 2.37 bits per heavy atom. The molecule has 0 spiro atoms. The van der Waals surface area contributed by atoms with Gasteiger partial charge >= 0.3 is 12.1 Å². The van der Waals surface area contributed by atoms with Crippen LogP contribution >= 0.6 is 0 Å². The number of fused-ring (bicyclic) bond motifs is 1. The molecule has 2 rings (SSSR count). The number of H-pyrrole nitrogens is 1. The second-order valence-corrected chi connectivity index (χ2v) is 8.79. The smallest absolute Gasteiger partial charge is 0.408 e. The predicted molar refractivity (Wildman–Crippen MR) is 114 cm³/mol. The van der Waals surface area contributed by atoms with E-state index in [-0.39, 0.29) is 12.3 Å². The van der Waals surface area contributed by atoms with Gasteiger partial charge in [0.15, 0.2) is 0 Å². The Morgan fingerprint density at radius 2 is 1.77 bits per heavy atom. The molecule has 0 aliphatic heterocycles. The quantitative estimate of drug-likeness (QED) is 0.526. The lowest BCUT2D eigenvalue weighted by atomic mass is 10.0. The molecule has 2 aromatic rings. The van der Waals surface area contributed by atoms with E-state index in [1.165, 1.54) is 0 Å². The van der Waals surface area contributed by atoms with Crippen LogP contribution in [-0.2, 0) is 20.7 Å². The zero-order chi connectivity index (χ0) is 22.5. The minimum absolute atomic E-state index is 0.104. The molecule has 1 aromatic heterocycles. The first-order valence-electron chi connectivity index (χ1n) is 10.0. The number of benzene rings is 1. The van der Waals surface area contributed by atoms with Crippen molar-refractivity contribution in [3.8, 4) is 0 Å². The summed E-state index contributed by atoms with van der Waals surface area (Å²) < 4.78 is 5.24. The minimum atomic E-state index is -1.14. The van der Waals surface area contributed by atoms with E-state index in [1.807, 2.05) is 38.1 Å². The summed E-state index contributed by atoms with van der Waals surface area (Å²) in [4.78, 5) is 39.9. The molecule has 164 valence electrons. The van der Waals surface area contributed by atoms with Crippen molar-refractivity contribution >= 4 is 28.9 Å². The number of aromatic amines is 1. The van der Waals surface area contributed by atoms with Crippen LogP contribution in [0.4, 0.5) is 4.79 Å². The summed E-state index contributed by atoms with van der Waals surface area (Å²) in [6.07, 6.45) is 1.50. The van der Waals surface area contributed by atoms with Gasteiger partial charge in [0.1, 0.15) is 17.7 Å². The van der Waals surface area contributed by atoms with Gasteiger partial charge in [0.2, 0.25) is 5.91 Å². The van der Waals surface area contributed by atoms with Crippen molar-refractivity contribution in [3.63, 3.8) is 0 Å². The average Bonchev–Trinajstić information content (AvgIpc) is 3.01. The van der Waals surface area contributed by atoms with Gasteiger partial charge in [-0.15, -0.1) is 0 Å². The first kappa shape index (κ1) is 23.3. The lowest BCUT2D eigenvalue weighted by Crippen LogP contribution is -2.53. The van der Waals surface area contributed by atoms with E-state index in [0.717, 1.165) is 16.5 Å². The summed E-state index contributed by atoms with van der Waals surface area (Å²) in [6.45, 7) is 9.01. The minimum Gasteiger partial charge on any atom is -0.480 e. The van der Waals surface area contributed by atoms with Crippen LogP contribution in [0.2, 0.25) is 0 Å². The summed E-state index contributed by atoms with van der Waals surface area (Å²) >= 11 is 0. The lowest BCUT2D eigenvalue weighted by molar-refractivity contribution is -0.142. The maximum atomic E-state index is 12.8. The molecular weight excluding hydrogens is 386 g/mol. The van der Waals surface area contributed by atoms with Gasteiger partial charge in [-0.25, -0.2) is 9.59 Å². The number of nitrogens with one attached hydrogen (secondary N) is 3. The third kappa shape index (κ3) is 6.79. The van der Waals surface area contributed by atoms with Crippen LogP contribution in [0.5, 0.6) is 0 Å². The Balaban J connectivity index is 2.13. The molecule has 0 saturated heterocycles. The molecule has 0 fully saturated rings. The van der Waals surface area contributed by atoms with Gasteiger partial charge in [-0.2, -0.15) is 0 Å². The van der Waals surface area contributed by atoms with Crippen LogP contribution in [0.25, 0.3) is 10.9 Å². The van der Waals surface area contributed by atoms with E-state index in [4.69, 9.17) is 4.74 Å². The average molecular weight is 418 g/mol. The molecule has 0 bridgehead atoms. The Hall–Kier alpha value is -3.03. The van der Waals surface area contributed by atoms with Gasteiger partial charge in [0.05, 0.1) is 0 Å². The topological polar surface area (TPSA) is 121 Å². The van der Waals surface area contributed by atoms with Gasteiger partial charge in [-0.1, -0.05) is 32.0 Å². The van der Waals surface area contributed by atoms with Crippen molar-refractivity contribution < 1.29 is 24.2 Å². The fourth-order valence-corrected chi connectivity index (χ4v) is 3.15. The Morgan fingerprint density at radius 1 is 1.10 bits per heavy atom. The van der Waals surface area contributed by atoms with Gasteiger partial charge in [0, 0.05) is 23.5 Å². The largest absolute Gasteiger partial charge is 0.480 e. The maximum absolute atomic E-state index is 12.8. The number of ether oxygens (including phenoxy) is 1. The van der Waals surface area contributed by atoms with Crippen LogP contribution in [-0.4, -0.2) is 45.7 Å². The molecule has 30 heavy (non-hydrogen) atoms. The van der Waals surface area contributed by atoms with Gasteiger partial charge in [-0.05, 0) is 44.7 Å². The Labute approximate surface area is 176 Å². The number of carboxylic acids is 1. The second kappa shape index (κ2) is 9.65. The molecule has 0 unspecified atom stereocenters. The SMILES string of the molecule is CC(C)C[C@@H](NC(=O)OC(C)(C)C)C(=O)N[C@@H](Cc1c[nH]c2ccccc12)C(=O)O. The summed E-state index contributed by atoms with van der Waals surface area (Å²) in [7, 11) is 0. The molecule has 4 N–H and O–H groups in total. The fourth-order valence-electron chi connectivity index (χ4n) is 3.15. The van der Waals surface area contributed by atoms with E-state index in [0.29, 0.717) is 6.42 Å². The summed E-state index contributed by atoms with van der Waals surface area (Å²) in [6, 6.07) is 5.52. The van der Waals surface area contributed by atoms with E-state index in [1.54, 1.807) is 27.0 Å². The highest BCUT2D eigenvalue weighted by atomic mass is 16.6. The zero-order valence-electron chi connectivity index (χ0n) is 18.1. The van der Waals surface area contributed by atoms with Gasteiger partial charge < -0.3 is 25.5 Å². The Kier molecular flexibility index (Phi) is 7.48. The second-order valence-electron chi connectivity index (χ2n) is 8.79. The molecule has 0 aliphatic carbocycles. The number of aromatic nitrogens is 1. The van der Waals surface area contributed by atoms with Crippen molar-refractivity contribution in [2.45, 2.75) is 65.1 Å². The highest BCUT2D eigenvalue weighted by molar-refractivity contribution is 5.90. The standard InChI is InChI=1S/C22H31N3O5/c1-13(2)10-17(25-21(29)30-22(3,4)5)19(26)24-18(20(27)28)11-14-12-23-16-9-7-6-8-15(14)16/h6-9,12-13,17-18,23H,10-11H2,1-5H3,(H,24,26)(H,25,29)(H,27,28)/t17-,18+/m1/s1. The van der Waals surface area contributed by atoms with Crippen LogP contribution in [0, 0.1) is 5.92 Å². The summed E-state index contributed by atoms with van der Waals surface area (Å²) in [5.41, 5.74) is 0.980. The molecule has 1 aromatic carbocycles. The third-order valence-corrected chi connectivity index (χ3v) is 4.43. The van der Waals surface area contributed by atoms with E-state index in [9.17, 15) is 19.5 Å². The summed E-state index contributed by atoms with van der Waals surface area (Å²) in [5, 5.41) is 15.7. The number of carboxylic acid groups (broad SMARTS) is 1. The number of alkyl carbamates (subject to hydrolysis) is 1. The molecule has 0 radical (unpaired) electrons. The van der Waals surface area contributed by atoms with E-state index < -0.39 is 35.7 Å². The highest BCUT2D eigenvalue weighted by Gasteiger charge is 2.29. The molecule has 2 amide bonds. The fraction of sp³-hybridized carbons (Fsp3) is 0.500. The normalized spacial score (nSPS) is 13.7. The molecule has 2 atom stereocenters. The van der Waals surface area contributed by atoms with E-state index >= 15 is 0 Å². The first-order valence-corrected chi connectivity index (χ1v) is 10.0. The molecule has 8 heteroatoms. The monoisotopic (exact) mass is 417 g/mol. The molecule has 8 nitrogen and oxygen atoms in total. The molecule has 1 heterocycles. The number of amides is 2. The number of hydrogen-bond acceptors (Lipinski definition) is 4. The van der Waals surface area contributed by atoms with Gasteiger partial charge in [-0.3, -0.25) is 4.79 Å². The van der Waals surface area contributed by atoms with Crippen LogP contribution in [0.15, 0.2) is 30.5 Å². The lowest BCUT2D eigenvalue weighted by Gasteiger charge is -2.25. The van der Waals surface area contributed by atoms with E-state index in [2.05, 4.69) is 15.6 Å². The van der Waals surface area contributed by atoms with Crippen molar-refractivity contribution in [2.75, 3.05) is 0 Å². The molecule has 0 saturated carbocycles. The number of carbonyl (C=O) groups excluding carboxylic acids is 2. The molecular formula is C22H31N3O5. The Bertz CT molecular complexity index is 898. The third-order valence-electron chi connectivity index (χ3n) is 4.43. The highest BCUT2D eigenvalue weighted by Crippen LogP contribution is 2.19. The summed E-state index contributed by atoms with van der Waals surface area (Å²) in [5.74, 6) is -1.59. The van der Waals surface area contributed by atoms with Crippen LogP contribution in [0.3, 0.4) is 0 Å². The van der Waals surface area contributed by atoms with Crippen molar-refractivity contribution in [1.29, 1.82) is 0 Å². The number of aliphatic carboxylic acids is 1. The zero-order valence-corrected chi connectivity index (χ0v) is 18.1. The van der Waals surface area contributed by atoms with Crippen molar-refractivity contribution in [3.05, 3.63) is 36.0 Å². The van der Waals surface area contributed by atoms with Crippen molar-refractivity contribution in [1.82, 2.24) is 15.6 Å². The van der Waals surface area contributed by atoms with Crippen LogP contribution < -0.4 is 10.6 Å². The number of carbonyl (C=O) groups is 3.